The van der Waals surface area contributed by atoms with Gasteiger partial charge in [0.05, 0.1) is 49.0 Å². The van der Waals surface area contributed by atoms with E-state index in [1.807, 2.05) is 35.1 Å². The highest BCUT2D eigenvalue weighted by molar-refractivity contribution is 7.99. The summed E-state index contributed by atoms with van der Waals surface area (Å²) < 4.78 is 132. The number of anilines is 1. The number of nitrogens with one attached hydrogen (secondary N) is 3. The third-order valence-electron chi connectivity index (χ3n) is 8.65. The first-order valence-corrected chi connectivity index (χ1v) is 22.5. The molecule has 0 bridgehead atoms. The number of carbonyl (C=O) groups is 1. The topological polar surface area (TPSA) is 179 Å². The van der Waals surface area contributed by atoms with E-state index in [0.29, 0.717) is 51.1 Å². The van der Waals surface area contributed by atoms with Gasteiger partial charge in [0, 0.05) is 36.3 Å². The summed E-state index contributed by atoms with van der Waals surface area (Å²) in [6.07, 6.45) is 0.492. The van der Waals surface area contributed by atoms with Crippen LogP contribution in [-0.2, 0) is 47.5 Å². The minimum absolute atomic E-state index is 0.0377. The highest BCUT2D eigenvalue weighted by Crippen LogP contribution is 2.51. The van der Waals surface area contributed by atoms with Gasteiger partial charge in [-0.3, -0.25) is 23.3 Å². The van der Waals surface area contributed by atoms with Crippen LogP contribution in [0.1, 0.15) is 33.1 Å². The number of benzene rings is 2. The Labute approximate surface area is 312 Å². The molecule has 298 valence electrons. The van der Waals surface area contributed by atoms with E-state index in [0.717, 1.165) is 17.0 Å². The van der Waals surface area contributed by atoms with Crippen LogP contribution in [0, 0.1) is 5.41 Å². The van der Waals surface area contributed by atoms with Crippen molar-refractivity contribution in [2.45, 2.75) is 59.3 Å². The quantitative estimate of drug-likeness (QED) is 0.132. The van der Waals surface area contributed by atoms with Crippen molar-refractivity contribution >= 4 is 51.0 Å². The van der Waals surface area contributed by atoms with Gasteiger partial charge in [0.1, 0.15) is 4.90 Å². The molecule has 0 aromatic heterocycles. The van der Waals surface area contributed by atoms with Gasteiger partial charge in [0.2, 0.25) is 5.91 Å². The van der Waals surface area contributed by atoms with Crippen molar-refractivity contribution < 1.29 is 57.7 Å². The molecule has 2 fully saturated rings. The fraction of sp³-hybridized carbons (Fsp3) is 0.594. The van der Waals surface area contributed by atoms with Crippen LogP contribution in [-0.4, -0.2) is 111 Å². The maximum atomic E-state index is 14.1. The molecule has 0 saturated carbocycles. The second kappa shape index (κ2) is 19.1. The summed E-state index contributed by atoms with van der Waals surface area (Å²) in [7, 11) is -15.2. The van der Waals surface area contributed by atoms with E-state index in [9.17, 15) is 39.4 Å². The molecule has 21 heteroatoms. The predicted octanol–water partition coefficient (Wildman–Crippen LogP) is 4.65. The molecule has 2 heterocycles. The lowest BCUT2D eigenvalue weighted by Gasteiger charge is -2.36. The number of hydrogen-bond acceptors (Lipinski definition) is 14. The average Bonchev–Trinajstić information content (AvgIpc) is 3.12. The van der Waals surface area contributed by atoms with Crippen molar-refractivity contribution in [2.75, 3.05) is 76.8 Å². The second-order valence-electron chi connectivity index (χ2n) is 12.3. The van der Waals surface area contributed by atoms with E-state index in [-0.39, 0.29) is 39.1 Å². The molecule has 1 atom stereocenters. The number of piperidine rings is 1. The number of rotatable bonds is 19. The number of halogens is 3. The third-order valence-corrected chi connectivity index (χ3v) is 14.3. The van der Waals surface area contributed by atoms with Crippen LogP contribution < -0.4 is 15.4 Å². The molecule has 0 aliphatic carbocycles. The first-order valence-electron chi connectivity index (χ1n) is 17.1. The fourth-order valence-corrected chi connectivity index (χ4v) is 10.1. The smallest absolute Gasteiger partial charge is 0.380 e. The first kappa shape index (κ1) is 43.5. The Hall–Kier alpha value is -2.26. The van der Waals surface area contributed by atoms with Crippen LogP contribution >= 0.6 is 19.6 Å². The van der Waals surface area contributed by atoms with Crippen molar-refractivity contribution in [2.24, 2.45) is 5.41 Å². The Morgan fingerprint density at radius 2 is 1.66 bits per heavy atom. The fourth-order valence-electron chi connectivity index (χ4n) is 5.69. The zero-order chi connectivity index (χ0) is 38.8. The monoisotopic (exact) mass is 830 g/mol. The molecule has 53 heavy (non-hydrogen) atoms. The molecule has 2 aliphatic heterocycles. The number of phosphoric acid groups is 1. The van der Waals surface area contributed by atoms with E-state index in [2.05, 4.69) is 15.5 Å². The van der Waals surface area contributed by atoms with Crippen LogP contribution in [0.15, 0.2) is 63.2 Å². The lowest BCUT2D eigenvalue weighted by Crippen LogP contribution is -2.51. The van der Waals surface area contributed by atoms with Crippen LogP contribution in [0.4, 0.5) is 18.9 Å². The summed E-state index contributed by atoms with van der Waals surface area (Å²) >= 11 is 1.42. The van der Waals surface area contributed by atoms with Crippen LogP contribution in [0.5, 0.6) is 0 Å². The minimum Gasteiger partial charge on any atom is -0.380 e. The number of sulfone groups is 1. The molecule has 2 aromatic rings. The van der Waals surface area contributed by atoms with Crippen molar-refractivity contribution in [3.05, 3.63) is 48.5 Å². The van der Waals surface area contributed by atoms with Crippen molar-refractivity contribution in [1.82, 2.24) is 14.9 Å². The number of phosphoric ester groups is 1. The number of sulfonamides is 1. The summed E-state index contributed by atoms with van der Waals surface area (Å²) in [5, 5.41) is 5.99. The standard InChI is InChI=1S/C32H46F3N4O10PS3/c1-3-47-50(41,48-4-2)49-24-31(13-15-36-16-14-31)30(40)38-53(44,45)27-10-11-28(29(22-27)52(42,43)32(33,34)35)37-25(12-17-39-18-20-46-21-19-39)23-51-26-8-6-5-7-9-26/h5-11,22,25,36-37H,3-4,12-21,23-24H2,1-2H3,(H,38,40)/t25-/m1/s1. The van der Waals surface area contributed by atoms with Gasteiger partial charge in [-0.15, -0.1) is 11.8 Å². The Bertz CT molecular complexity index is 1770. The third kappa shape index (κ3) is 11.9. The molecule has 0 radical (unpaired) electrons. The summed E-state index contributed by atoms with van der Waals surface area (Å²) in [5.41, 5.74) is -7.78. The van der Waals surface area contributed by atoms with Gasteiger partial charge in [0.25, 0.3) is 19.9 Å². The lowest BCUT2D eigenvalue weighted by atomic mass is 9.79. The van der Waals surface area contributed by atoms with Gasteiger partial charge in [-0.1, -0.05) is 18.2 Å². The lowest BCUT2D eigenvalue weighted by molar-refractivity contribution is -0.133. The zero-order valence-electron chi connectivity index (χ0n) is 29.4. The molecule has 1 amide bonds. The molecular formula is C32H46F3N4O10PS3. The van der Waals surface area contributed by atoms with Gasteiger partial charge in [-0.05, 0) is 76.5 Å². The summed E-state index contributed by atoms with van der Waals surface area (Å²) in [5.74, 6) is -0.740. The van der Waals surface area contributed by atoms with E-state index in [1.165, 1.54) is 11.8 Å². The van der Waals surface area contributed by atoms with Crippen molar-refractivity contribution in [1.29, 1.82) is 0 Å². The molecule has 2 aliphatic rings. The number of ether oxygens (including phenoxy) is 1. The van der Waals surface area contributed by atoms with E-state index < -0.39 is 72.6 Å². The summed E-state index contributed by atoms with van der Waals surface area (Å²) in [6.45, 7) is 5.91. The Morgan fingerprint density at radius 1 is 1.02 bits per heavy atom. The average molecular weight is 831 g/mol. The van der Waals surface area contributed by atoms with Crippen molar-refractivity contribution in [3.63, 3.8) is 0 Å². The van der Waals surface area contributed by atoms with E-state index in [1.54, 1.807) is 13.8 Å². The Morgan fingerprint density at radius 3 is 2.26 bits per heavy atom. The molecular weight excluding hydrogens is 785 g/mol. The number of morpholine rings is 1. The normalized spacial score (nSPS) is 18.0. The van der Waals surface area contributed by atoms with Gasteiger partial charge >= 0.3 is 13.3 Å². The second-order valence-corrected chi connectivity index (χ2v) is 18.7. The maximum Gasteiger partial charge on any atom is 0.501 e. The summed E-state index contributed by atoms with van der Waals surface area (Å²) in [6, 6.07) is 11.0. The van der Waals surface area contributed by atoms with Gasteiger partial charge in [0.15, 0.2) is 0 Å². The number of alkyl halides is 3. The Balaban J connectivity index is 1.64. The molecule has 4 rings (SSSR count). The number of amides is 1. The van der Waals surface area contributed by atoms with Gasteiger partial charge in [-0.25, -0.2) is 26.1 Å². The molecule has 14 nitrogen and oxygen atoms in total. The largest absolute Gasteiger partial charge is 0.501 e. The SMILES string of the molecule is CCOP(=O)(OCC)OCC1(C(=O)NS(=O)(=O)c2ccc(N[C@H](CCN3CCOCC3)CSc3ccccc3)c(S(=O)(=O)C(F)(F)F)c2)CCNCC1. The number of carbonyl (C=O) groups excluding carboxylic acids is 1. The van der Waals surface area contributed by atoms with Gasteiger partial charge < -0.3 is 15.4 Å². The zero-order valence-corrected chi connectivity index (χ0v) is 32.8. The van der Waals surface area contributed by atoms with Gasteiger partial charge in [-0.2, -0.15) is 13.2 Å². The predicted molar refractivity (Wildman–Crippen MR) is 193 cm³/mol. The van der Waals surface area contributed by atoms with Crippen LogP contribution in [0.25, 0.3) is 0 Å². The van der Waals surface area contributed by atoms with Crippen LogP contribution in [0.3, 0.4) is 0 Å². The number of thioether (sulfide) groups is 1. The molecule has 0 unspecified atom stereocenters. The maximum absolute atomic E-state index is 14.1. The number of nitrogens with zero attached hydrogens (tertiary/aromatic N) is 1. The van der Waals surface area contributed by atoms with Crippen LogP contribution in [0.2, 0.25) is 0 Å². The van der Waals surface area contributed by atoms with E-state index >= 15 is 0 Å². The molecule has 2 saturated heterocycles. The Kier molecular flexibility index (Phi) is 15.6. The number of hydrogen-bond donors (Lipinski definition) is 3. The van der Waals surface area contributed by atoms with Crippen molar-refractivity contribution in [3.8, 4) is 0 Å². The molecule has 2 aromatic carbocycles. The highest BCUT2D eigenvalue weighted by Gasteiger charge is 2.49. The first-order chi connectivity index (χ1) is 25.0. The highest BCUT2D eigenvalue weighted by atomic mass is 32.2. The minimum atomic E-state index is -6.10. The summed E-state index contributed by atoms with van der Waals surface area (Å²) in [4.78, 5) is 14.5. The molecule has 0 spiro atoms. The molecule has 3 N–H and O–H groups in total. The van der Waals surface area contributed by atoms with E-state index in [4.69, 9.17) is 18.3 Å².